The SMILES string of the molecule is [N-]=[N+]=NCC(F)CCn1ccc(NC(=O)Cc2ccccc2)cc1=O. The first kappa shape index (κ1) is 18.2. The summed E-state index contributed by atoms with van der Waals surface area (Å²) in [4.78, 5) is 26.5. The summed E-state index contributed by atoms with van der Waals surface area (Å²) >= 11 is 0. The van der Waals surface area contributed by atoms with E-state index in [0.29, 0.717) is 5.69 Å². The van der Waals surface area contributed by atoms with Crippen LogP contribution in [0.4, 0.5) is 10.1 Å². The van der Waals surface area contributed by atoms with Gasteiger partial charge in [-0.3, -0.25) is 9.59 Å². The number of aromatic nitrogens is 1. The molecule has 130 valence electrons. The molecule has 0 aliphatic heterocycles. The van der Waals surface area contributed by atoms with Gasteiger partial charge in [-0.05, 0) is 23.6 Å². The van der Waals surface area contributed by atoms with Crippen molar-refractivity contribution >= 4 is 11.6 Å². The third-order valence-corrected chi connectivity index (χ3v) is 3.51. The molecule has 1 heterocycles. The number of alkyl halides is 1. The van der Waals surface area contributed by atoms with E-state index in [4.69, 9.17) is 5.53 Å². The Hall–Kier alpha value is -3.12. The summed E-state index contributed by atoms with van der Waals surface area (Å²) < 4.78 is 14.8. The minimum atomic E-state index is -1.30. The highest BCUT2D eigenvalue weighted by Crippen LogP contribution is 2.07. The zero-order valence-corrected chi connectivity index (χ0v) is 13.5. The monoisotopic (exact) mass is 343 g/mol. The minimum Gasteiger partial charge on any atom is -0.326 e. The van der Waals surface area contributed by atoms with Crippen LogP contribution in [-0.2, 0) is 17.8 Å². The van der Waals surface area contributed by atoms with Crippen LogP contribution in [0.15, 0.2) is 58.6 Å². The Morgan fingerprint density at radius 2 is 2.08 bits per heavy atom. The largest absolute Gasteiger partial charge is 0.326 e. The van der Waals surface area contributed by atoms with Crippen LogP contribution in [0.3, 0.4) is 0 Å². The molecular formula is C17H18FN5O2. The molecule has 1 unspecified atom stereocenters. The number of anilines is 1. The molecule has 7 nitrogen and oxygen atoms in total. The number of benzene rings is 1. The predicted molar refractivity (Wildman–Crippen MR) is 93.0 cm³/mol. The van der Waals surface area contributed by atoms with Crippen molar-refractivity contribution in [2.45, 2.75) is 25.6 Å². The number of azide groups is 1. The second kappa shape index (κ2) is 9.24. The summed E-state index contributed by atoms with van der Waals surface area (Å²) in [6.07, 6.45) is 0.486. The lowest BCUT2D eigenvalue weighted by atomic mass is 10.1. The first-order valence-electron chi connectivity index (χ1n) is 7.77. The maximum Gasteiger partial charge on any atom is 0.252 e. The number of aryl methyl sites for hydroxylation is 1. The summed E-state index contributed by atoms with van der Waals surface area (Å²) in [5.74, 6) is -0.221. The minimum absolute atomic E-state index is 0.0681. The molecule has 0 spiro atoms. The fraction of sp³-hybridized carbons (Fsp3) is 0.294. The van der Waals surface area contributed by atoms with E-state index in [0.717, 1.165) is 5.56 Å². The average Bonchev–Trinajstić information content (AvgIpc) is 2.60. The normalized spacial score (nSPS) is 11.4. The molecule has 0 saturated carbocycles. The van der Waals surface area contributed by atoms with Crippen molar-refractivity contribution in [3.05, 3.63) is 75.0 Å². The molecular weight excluding hydrogens is 325 g/mol. The van der Waals surface area contributed by atoms with Crippen molar-refractivity contribution in [2.75, 3.05) is 11.9 Å². The molecule has 0 fully saturated rings. The molecule has 0 aliphatic carbocycles. The number of hydrogen-bond acceptors (Lipinski definition) is 3. The van der Waals surface area contributed by atoms with Gasteiger partial charge in [0.05, 0.1) is 13.0 Å². The van der Waals surface area contributed by atoms with Crippen molar-refractivity contribution in [1.82, 2.24) is 4.57 Å². The molecule has 1 aromatic heterocycles. The van der Waals surface area contributed by atoms with Gasteiger partial charge in [-0.1, -0.05) is 35.4 Å². The fourth-order valence-corrected chi connectivity index (χ4v) is 2.25. The lowest BCUT2D eigenvalue weighted by molar-refractivity contribution is -0.115. The highest BCUT2D eigenvalue weighted by molar-refractivity contribution is 5.92. The summed E-state index contributed by atoms with van der Waals surface area (Å²) in [7, 11) is 0. The zero-order chi connectivity index (χ0) is 18.1. The molecule has 0 aliphatic rings. The number of nitrogens with zero attached hydrogens (tertiary/aromatic N) is 4. The van der Waals surface area contributed by atoms with Gasteiger partial charge in [0.2, 0.25) is 5.91 Å². The summed E-state index contributed by atoms with van der Waals surface area (Å²) in [5.41, 5.74) is 9.08. The van der Waals surface area contributed by atoms with E-state index >= 15 is 0 Å². The van der Waals surface area contributed by atoms with Gasteiger partial charge in [0.15, 0.2) is 0 Å². The van der Waals surface area contributed by atoms with Gasteiger partial charge in [-0.25, -0.2) is 4.39 Å². The quantitative estimate of drug-likeness (QED) is 0.452. The maximum atomic E-state index is 13.4. The number of carbonyl (C=O) groups excluding carboxylic acids is 1. The van der Waals surface area contributed by atoms with Crippen LogP contribution in [0.1, 0.15) is 12.0 Å². The molecule has 0 saturated heterocycles. The van der Waals surface area contributed by atoms with Crippen molar-refractivity contribution in [3.63, 3.8) is 0 Å². The molecule has 8 heteroatoms. The number of hydrogen-bond donors (Lipinski definition) is 1. The van der Waals surface area contributed by atoms with Crippen molar-refractivity contribution < 1.29 is 9.18 Å². The molecule has 2 aromatic rings. The molecule has 1 atom stereocenters. The third-order valence-electron chi connectivity index (χ3n) is 3.51. The summed E-state index contributed by atoms with van der Waals surface area (Å²) in [5, 5.41) is 5.83. The summed E-state index contributed by atoms with van der Waals surface area (Å²) in [6.45, 7) is -0.0853. The average molecular weight is 343 g/mol. The first-order valence-corrected chi connectivity index (χ1v) is 7.77. The molecule has 1 aromatic carbocycles. The lowest BCUT2D eigenvalue weighted by Crippen LogP contribution is -2.23. The van der Waals surface area contributed by atoms with Crippen LogP contribution in [0, 0.1) is 0 Å². The Labute approximate surface area is 143 Å². The standard InChI is InChI=1S/C17H18FN5O2/c18-14(12-20-22-19)6-8-23-9-7-15(11-17(23)25)21-16(24)10-13-4-2-1-3-5-13/h1-5,7,9,11,14H,6,8,10,12H2,(H,21,24). The highest BCUT2D eigenvalue weighted by atomic mass is 19.1. The Bertz CT molecular complexity index is 815. The van der Waals surface area contributed by atoms with Gasteiger partial charge >= 0.3 is 0 Å². The van der Waals surface area contributed by atoms with Crippen molar-refractivity contribution in [3.8, 4) is 0 Å². The third kappa shape index (κ3) is 6.12. The number of carbonyl (C=O) groups is 1. The van der Waals surface area contributed by atoms with Gasteiger partial charge in [-0.2, -0.15) is 0 Å². The van der Waals surface area contributed by atoms with Crippen LogP contribution in [0.5, 0.6) is 0 Å². The number of pyridine rings is 1. The van der Waals surface area contributed by atoms with Crippen LogP contribution in [0.2, 0.25) is 0 Å². The topological polar surface area (TPSA) is 99.9 Å². The van der Waals surface area contributed by atoms with Gasteiger partial charge < -0.3 is 9.88 Å². The molecule has 1 N–H and O–H groups in total. The van der Waals surface area contributed by atoms with E-state index in [-0.39, 0.29) is 37.4 Å². The number of halogens is 1. The predicted octanol–water partition coefficient (Wildman–Crippen LogP) is 3.07. The number of nitrogens with one attached hydrogen (secondary N) is 1. The second-order valence-electron chi connectivity index (χ2n) is 5.46. The summed E-state index contributed by atoms with van der Waals surface area (Å²) in [6, 6.07) is 12.2. The van der Waals surface area contributed by atoms with Gasteiger partial charge in [0.1, 0.15) is 6.17 Å². The highest BCUT2D eigenvalue weighted by Gasteiger charge is 2.08. The molecule has 2 rings (SSSR count). The molecule has 0 radical (unpaired) electrons. The van der Waals surface area contributed by atoms with Gasteiger partial charge in [-0.15, -0.1) is 0 Å². The van der Waals surface area contributed by atoms with E-state index in [9.17, 15) is 14.0 Å². The fourth-order valence-electron chi connectivity index (χ4n) is 2.25. The molecule has 25 heavy (non-hydrogen) atoms. The lowest BCUT2D eigenvalue weighted by Gasteiger charge is -2.10. The van der Waals surface area contributed by atoms with E-state index in [1.807, 2.05) is 30.3 Å². The number of amides is 1. The Morgan fingerprint density at radius 1 is 1.32 bits per heavy atom. The van der Waals surface area contributed by atoms with E-state index in [1.54, 1.807) is 6.07 Å². The van der Waals surface area contributed by atoms with Crippen LogP contribution in [0.25, 0.3) is 10.4 Å². The van der Waals surface area contributed by atoms with E-state index in [1.165, 1.54) is 16.8 Å². The smallest absolute Gasteiger partial charge is 0.252 e. The Morgan fingerprint density at radius 3 is 2.76 bits per heavy atom. The van der Waals surface area contributed by atoms with Gasteiger partial charge in [0.25, 0.3) is 5.56 Å². The van der Waals surface area contributed by atoms with E-state index < -0.39 is 6.17 Å². The Balaban J connectivity index is 1.91. The van der Waals surface area contributed by atoms with Crippen LogP contribution < -0.4 is 10.9 Å². The van der Waals surface area contributed by atoms with Gasteiger partial charge in [0, 0.05) is 29.4 Å². The van der Waals surface area contributed by atoms with Crippen LogP contribution >= 0.6 is 0 Å². The maximum absolute atomic E-state index is 13.4. The number of rotatable bonds is 8. The first-order chi connectivity index (χ1) is 12.1. The van der Waals surface area contributed by atoms with Crippen molar-refractivity contribution in [1.29, 1.82) is 0 Å². The Kier molecular flexibility index (Phi) is 6.74. The zero-order valence-electron chi connectivity index (χ0n) is 13.5. The molecule has 0 bridgehead atoms. The van der Waals surface area contributed by atoms with E-state index in [2.05, 4.69) is 15.3 Å². The molecule has 1 amide bonds. The van der Waals surface area contributed by atoms with Crippen molar-refractivity contribution in [2.24, 2.45) is 5.11 Å². The second-order valence-corrected chi connectivity index (χ2v) is 5.46. The van der Waals surface area contributed by atoms with Crippen LogP contribution in [-0.4, -0.2) is 23.2 Å².